The average Bonchev–Trinajstić information content (AvgIpc) is 2.18. The number of nitrogens with zero attached hydrogens (tertiary/aromatic N) is 1. The number of nitrogens with one attached hydrogen (secondary N) is 1. The molecule has 0 heterocycles. The smallest absolute Gasteiger partial charge is 0.0558 e. The summed E-state index contributed by atoms with van der Waals surface area (Å²) in [7, 11) is 4.17. The first-order valence-electron chi connectivity index (χ1n) is 6.14. The van der Waals surface area contributed by atoms with E-state index in [1.54, 1.807) is 0 Å². The molecular formula is C12H26N2O. The van der Waals surface area contributed by atoms with E-state index in [1.807, 2.05) is 0 Å². The molecule has 0 amide bonds. The van der Waals surface area contributed by atoms with E-state index in [4.69, 9.17) is 5.11 Å². The molecule has 0 aromatic heterocycles. The molecular weight excluding hydrogens is 188 g/mol. The molecule has 1 fully saturated rings. The fourth-order valence-electron chi connectivity index (χ4n) is 2.74. The number of likely N-dealkylation sites (N-methyl/N-ethyl adjacent to an activating group) is 1. The van der Waals surface area contributed by atoms with Crippen LogP contribution in [0.15, 0.2) is 0 Å². The Balaban J connectivity index is 2.40. The van der Waals surface area contributed by atoms with Gasteiger partial charge in [0.2, 0.25) is 0 Å². The van der Waals surface area contributed by atoms with Crippen molar-refractivity contribution < 1.29 is 5.11 Å². The molecule has 0 saturated heterocycles. The maximum absolute atomic E-state index is 8.88. The number of aliphatic hydroxyl groups excluding tert-OH is 1. The van der Waals surface area contributed by atoms with Crippen LogP contribution in [0.5, 0.6) is 0 Å². The van der Waals surface area contributed by atoms with Crippen molar-refractivity contribution >= 4 is 0 Å². The molecule has 15 heavy (non-hydrogen) atoms. The molecule has 3 unspecified atom stereocenters. The summed E-state index contributed by atoms with van der Waals surface area (Å²) in [6.45, 7) is 4.52. The summed E-state index contributed by atoms with van der Waals surface area (Å²) in [5, 5.41) is 12.3. The van der Waals surface area contributed by atoms with E-state index in [2.05, 4.69) is 31.2 Å². The summed E-state index contributed by atoms with van der Waals surface area (Å²) in [5.41, 5.74) is 0. The lowest BCUT2D eigenvalue weighted by Crippen LogP contribution is -2.44. The van der Waals surface area contributed by atoms with Gasteiger partial charge in [-0.05, 0) is 45.2 Å². The topological polar surface area (TPSA) is 35.5 Å². The summed E-state index contributed by atoms with van der Waals surface area (Å²) in [6, 6.07) is 0.669. The predicted molar refractivity (Wildman–Crippen MR) is 63.9 cm³/mol. The Bertz CT molecular complexity index is 175. The van der Waals surface area contributed by atoms with Crippen LogP contribution in [0.2, 0.25) is 0 Å². The van der Waals surface area contributed by atoms with Gasteiger partial charge in [0.25, 0.3) is 0 Å². The lowest BCUT2D eigenvalue weighted by atomic mass is 9.78. The van der Waals surface area contributed by atoms with Crippen LogP contribution in [-0.4, -0.2) is 49.8 Å². The van der Waals surface area contributed by atoms with Gasteiger partial charge in [-0.15, -0.1) is 0 Å². The third kappa shape index (κ3) is 4.09. The van der Waals surface area contributed by atoms with Crippen LogP contribution in [0.3, 0.4) is 0 Å². The second kappa shape index (κ2) is 6.46. The van der Waals surface area contributed by atoms with E-state index >= 15 is 0 Å². The zero-order chi connectivity index (χ0) is 11.3. The van der Waals surface area contributed by atoms with E-state index < -0.39 is 0 Å². The number of hydrogen-bond donors (Lipinski definition) is 2. The van der Waals surface area contributed by atoms with Crippen molar-refractivity contribution in [1.82, 2.24) is 10.2 Å². The monoisotopic (exact) mass is 214 g/mol. The Morgan fingerprint density at radius 2 is 2.13 bits per heavy atom. The van der Waals surface area contributed by atoms with E-state index in [1.165, 1.54) is 19.3 Å². The third-order valence-electron chi connectivity index (χ3n) is 3.64. The van der Waals surface area contributed by atoms with Gasteiger partial charge >= 0.3 is 0 Å². The summed E-state index contributed by atoms with van der Waals surface area (Å²) in [5.74, 6) is 1.61. The average molecular weight is 214 g/mol. The second-order valence-electron chi connectivity index (χ2n) is 5.06. The maximum Gasteiger partial charge on any atom is 0.0558 e. The lowest BCUT2D eigenvalue weighted by Gasteiger charge is -2.36. The molecule has 2 N–H and O–H groups in total. The summed E-state index contributed by atoms with van der Waals surface area (Å²) < 4.78 is 0. The Kier molecular flexibility index (Phi) is 5.58. The van der Waals surface area contributed by atoms with Gasteiger partial charge in [-0.3, -0.25) is 0 Å². The molecule has 0 spiro atoms. The standard InChI is InChI=1S/C12H26N2O/c1-10-4-5-12(13-2)11(8-10)9-14(3)6-7-15/h10-13,15H,4-9H2,1-3H3. The lowest BCUT2D eigenvalue weighted by molar-refractivity contribution is 0.147. The van der Waals surface area contributed by atoms with Crippen molar-refractivity contribution in [3.63, 3.8) is 0 Å². The molecule has 1 aliphatic carbocycles. The summed E-state index contributed by atoms with van der Waals surface area (Å²) >= 11 is 0. The minimum atomic E-state index is 0.267. The Morgan fingerprint density at radius 3 is 2.73 bits per heavy atom. The first-order valence-corrected chi connectivity index (χ1v) is 6.14. The minimum Gasteiger partial charge on any atom is -0.395 e. The molecule has 3 atom stereocenters. The molecule has 3 nitrogen and oxygen atoms in total. The van der Waals surface area contributed by atoms with E-state index in [0.29, 0.717) is 6.04 Å². The van der Waals surface area contributed by atoms with Gasteiger partial charge < -0.3 is 15.3 Å². The normalized spacial score (nSPS) is 32.2. The Morgan fingerprint density at radius 1 is 1.40 bits per heavy atom. The molecule has 1 saturated carbocycles. The highest BCUT2D eigenvalue weighted by atomic mass is 16.3. The summed E-state index contributed by atoms with van der Waals surface area (Å²) in [4.78, 5) is 2.24. The quantitative estimate of drug-likeness (QED) is 0.715. The largest absolute Gasteiger partial charge is 0.395 e. The fraction of sp³-hybridized carbons (Fsp3) is 1.00. The number of hydrogen-bond acceptors (Lipinski definition) is 3. The Labute approximate surface area is 93.9 Å². The van der Waals surface area contributed by atoms with Gasteiger partial charge in [-0.1, -0.05) is 6.92 Å². The van der Waals surface area contributed by atoms with Gasteiger partial charge in [-0.25, -0.2) is 0 Å². The van der Waals surface area contributed by atoms with Gasteiger partial charge in [0.1, 0.15) is 0 Å². The molecule has 0 aliphatic heterocycles. The van der Waals surface area contributed by atoms with Crippen LogP contribution in [0.25, 0.3) is 0 Å². The van der Waals surface area contributed by atoms with Gasteiger partial charge in [-0.2, -0.15) is 0 Å². The third-order valence-corrected chi connectivity index (χ3v) is 3.64. The molecule has 3 heteroatoms. The number of rotatable bonds is 5. The molecule has 0 aromatic carbocycles. The zero-order valence-electron chi connectivity index (χ0n) is 10.4. The molecule has 1 rings (SSSR count). The predicted octanol–water partition coefficient (Wildman–Crippen LogP) is 0.935. The van der Waals surface area contributed by atoms with Crippen molar-refractivity contribution in [2.75, 3.05) is 33.8 Å². The Hall–Kier alpha value is -0.120. The molecule has 0 bridgehead atoms. The van der Waals surface area contributed by atoms with Crippen molar-refractivity contribution in [2.45, 2.75) is 32.2 Å². The minimum absolute atomic E-state index is 0.267. The first kappa shape index (κ1) is 12.9. The van der Waals surface area contributed by atoms with Crippen molar-refractivity contribution in [2.24, 2.45) is 11.8 Å². The summed E-state index contributed by atoms with van der Waals surface area (Å²) in [6.07, 6.45) is 3.97. The molecule has 0 aromatic rings. The highest BCUT2D eigenvalue weighted by Gasteiger charge is 2.27. The van der Waals surface area contributed by atoms with Crippen LogP contribution in [0, 0.1) is 11.8 Å². The highest BCUT2D eigenvalue weighted by Crippen LogP contribution is 2.29. The first-order chi connectivity index (χ1) is 7.17. The molecule has 1 aliphatic rings. The van der Waals surface area contributed by atoms with Crippen LogP contribution >= 0.6 is 0 Å². The zero-order valence-corrected chi connectivity index (χ0v) is 10.4. The van der Waals surface area contributed by atoms with Crippen LogP contribution < -0.4 is 5.32 Å². The van der Waals surface area contributed by atoms with Gasteiger partial charge in [0.05, 0.1) is 6.61 Å². The van der Waals surface area contributed by atoms with Crippen LogP contribution in [0.1, 0.15) is 26.2 Å². The van der Waals surface area contributed by atoms with Crippen molar-refractivity contribution in [1.29, 1.82) is 0 Å². The SMILES string of the molecule is CNC1CCC(C)CC1CN(C)CCO. The highest BCUT2D eigenvalue weighted by molar-refractivity contribution is 4.84. The maximum atomic E-state index is 8.88. The van der Waals surface area contributed by atoms with E-state index in [-0.39, 0.29) is 6.61 Å². The molecule has 0 radical (unpaired) electrons. The van der Waals surface area contributed by atoms with E-state index in [0.717, 1.165) is 24.9 Å². The molecule has 90 valence electrons. The van der Waals surface area contributed by atoms with Gasteiger partial charge in [0.15, 0.2) is 0 Å². The van der Waals surface area contributed by atoms with Gasteiger partial charge in [0, 0.05) is 19.1 Å². The van der Waals surface area contributed by atoms with Crippen LogP contribution in [-0.2, 0) is 0 Å². The van der Waals surface area contributed by atoms with E-state index in [9.17, 15) is 0 Å². The number of aliphatic hydroxyl groups is 1. The van der Waals surface area contributed by atoms with Crippen molar-refractivity contribution in [3.05, 3.63) is 0 Å². The second-order valence-corrected chi connectivity index (χ2v) is 5.06. The van der Waals surface area contributed by atoms with Crippen LogP contribution in [0.4, 0.5) is 0 Å². The van der Waals surface area contributed by atoms with Crippen molar-refractivity contribution in [3.8, 4) is 0 Å². The fourth-order valence-corrected chi connectivity index (χ4v) is 2.74.